The van der Waals surface area contributed by atoms with Gasteiger partial charge in [0.1, 0.15) is 5.75 Å². The average Bonchev–Trinajstić information content (AvgIpc) is 2.55. The molecule has 0 aromatic heterocycles. The molecule has 2 aromatic carbocycles. The van der Waals surface area contributed by atoms with Crippen molar-refractivity contribution in [3.05, 3.63) is 50.9 Å². The summed E-state index contributed by atoms with van der Waals surface area (Å²) in [6.45, 7) is 4.81. The lowest BCUT2D eigenvalue weighted by Crippen LogP contribution is -2.20. The van der Waals surface area contributed by atoms with Crippen LogP contribution in [0.5, 0.6) is 11.5 Å². The van der Waals surface area contributed by atoms with Gasteiger partial charge in [-0.15, -0.1) is 0 Å². The third kappa shape index (κ3) is 6.71. The van der Waals surface area contributed by atoms with Crippen LogP contribution in [0, 0.1) is 5.92 Å². The van der Waals surface area contributed by atoms with Crippen LogP contribution in [-0.2, 0) is 4.79 Å². The normalized spacial score (nSPS) is 10.7. The van der Waals surface area contributed by atoms with Gasteiger partial charge in [0.15, 0.2) is 12.4 Å². The first-order chi connectivity index (χ1) is 12.3. The maximum absolute atomic E-state index is 12.1. The Balaban J connectivity index is 1.84. The zero-order valence-corrected chi connectivity index (χ0v) is 17.6. The number of anilines is 1. The van der Waals surface area contributed by atoms with Crippen molar-refractivity contribution < 1.29 is 14.3 Å². The van der Waals surface area contributed by atoms with E-state index in [0.717, 1.165) is 12.2 Å². The highest BCUT2D eigenvalue weighted by molar-refractivity contribution is 9.10. The molecule has 0 fully saturated rings. The molecule has 0 aliphatic heterocycles. The summed E-state index contributed by atoms with van der Waals surface area (Å²) >= 11 is 15.3. The van der Waals surface area contributed by atoms with Crippen LogP contribution in [0.15, 0.2) is 40.9 Å². The van der Waals surface area contributed by atoms with Crippen molar-refractivity contribution in [1.29, 1.82) is 0 Å². The van der Waals surface area contributed by atoms with Crippen LogP contribution in [0.3, 0.4) is 0 Å². The first kappa shape index (κ1) is 20.9. The molecule has 0 saturated carbocycles. The Morgan fingerprint density at radius 3 is 2.46 bits per heavy atom. The molecular weight excluding hydrogens is 441 g/mol. The van der Waals surface area contributed by atoms with Crippen molar-refractivity contribution in [2.45, 2.75) is 20.3 Å². The molecule has 140 valence electrons. The van der Waals surface area contributed by atoms with Crippen molar-refractivity contribution in [2.24, 2.45) is 5.92 Å². The van der Waals surface area contributed by atoms with Gasteiger partial charge in [0.05, 0.1) is 16.1 Å². The second kappa shape index (κ2) is 10.0. The fourth-order valence-corrected chi connectivity index (χ4v) is 3.42. The lowest BCUT2D eigenvalue weighted by molar-refractivity contribution is -0.118. The van der Waals surface area contributed by atoms with Crippen molar-refractivity contribution >= 4 is 50.7 Å². The number of hydrogen-bond acceptors (Lipinski definition) is 3. The van der Waals surface area contributed by atoms with E-state index in [2.05, 4.69) is 35.1 Å². The van der Waals surface area contributed by atoms with E-state index < -0.39 is 0 Å². The van der Waals surface area contributed by atoms with Gasteiger partial charge in [-0.25, -0.2) is 0 Å². The minimum Gasteiger partial charge on any atom is -0.494 e. The minimum atomic E-state index is -0.295. The second-order valence-corrected chi connectivity index (χ2v) is 7.79. The van der Waals surface area contributed by atoms with E-state index in [-0.39, 0.29) is 12.5 Å². The van der Waals surface area contributed by atoms with Crippen LogP contribution in [-0.4, -0.2) is 19.1 Å². The Morgan fingerprint density at radius 2 is 1.85 bits per heavy atom. The van der Waals surface area contributed by atoms with E-state index in [1.807, 2.05) is 12.1 Å². The summed E-state index contributed by atoms with van der Waals surface area (Å²) in [5.74, 6) is 1.45. The molecule has 0 spiro atoms. The molecule has 4 nitrogen and oxygen atoms in total. The number of amides is 1. The van der Waals surface area contributed by atoms with E-state index >= 15 is 0 Å². The molecule has 1 N–H and O–H groups in total. The number of rotatable bonds is 8. The Kier molecular flexibility index (Phi) is 8.07. The second-order valence-electron chi connectivity index (χ2n) is 6.09. The third-order valence-corrected chi connectivity index (χ3v) is 4.50. The summed E-state index contributed by atoms with van der Waals surface area (Å²) < 4.78 is 11.7. The lowest BCUT2D eigenvalue weighted by atomic mass is 10.1. The number of nitrogens with one attached hydrogen (secondary N) is 1. The van der Waals surface area contributed by atoms with E-state index in [1.165, 1.54) is 0 Å². The topological polar surface area (TPSA) is 47.6 Å². The van der Waals surface area contributed by atoms with Crippen molar-refractivity contribution in [3.8, 4) is 11.5 Å². The van der Waals surface area contributed by atoms with Crippen LogP contribution >= 0.6 is 39.1 Å². The van der Waals surface area contributed by atoms with E-state index in [4.69, 9.17) is 32.7 Å². The SMILES string of the molecule is CC(C)CCOc1ccc(NC(=O)COc2c(Cl)cc(Cl)cc2Br)cc1. The number of hydrogen-bond donors (Lipinski definition) is 1. The highest BCUT2D eigenvalue weighted by Crippen LogP contribution is 2.36. The molecule has 2 rings (SSSR count). The predicted molar refractivity (Wildman–Crippen MR) is 110 cm³/mol. The van der Waals surface area contributed by atoms with E-state index in [9.17, 15) is 4.79 Å². The van der Waals surface area contributed by atoms with Gasteiger partial charge < -0.3 is 14.8 Å². The lowest BCUT2D eigenvalue weighted by Gasteiger charge is -2.11. The van der Waals surface area contributed by atoms with Crippen molar-refractivity contribution in [1.82, 2.24) is 0 Å². The van der Waals surface area contributed by atoms with Crippen molar-refractivity contribution in [3.63, 3.8) is 0 Å². The monoisotopic (exact) mass is 459 g/mol. The number of carbonyl (C=O) groups is 1. The van der Waals surface area contributed by atoms with Crippen LogP contribution in [0.2, 0.25) is 10.0 Å². The van der Waals surface area contributed by atoms with Gasteiger partial charge >= 0.3 is 0 Å². The quantitative estimate of drug-likeness (QED) is 0.510. The van der Waals surface area contributed by atoms with Gasteiger partial charge in [-0.05, 0) is 64.7 Å². The molecule has 0 aliphatic rings. The number of benzene rings is 2. The maximum Gasteiger partial charge on any atom is 0.262 e. The fourth-order valence-electron chi connectivity index (χ4n) is 2.05. The minimum absolute atomic E-state index is 0.174. The van der Waals surface area contributed by atoms with Gasteiger partial charge in [-0.3, -0.25) is 4.79 Å². The molecule has 0 saturated heterocycles. The molecule has 7 heteroatoms. The Morgan fingerprint density at radius 1 is 1.15 bits per heavy atom. The van der Waals surface area contributed by atoms with E-state index in [1.54, 1.807) is 24.3 Å². The zero-order valence-electron chi connectivity index (χ0n) is 14.5. The van der Waals surface area contributed by atoms with Crippen LogP contribution in [0.1, 0.15) is 20.3 Å². The molecule has 2 aromatic rings. The first-order valence-electron chi connectivity index (χ1n) is 8.15. The Bertz CT molecular complexity index is 728. The summed E-state index contributed by atoms with van der Waals surface area (Å²) in [5, 5.41) is 3.57. The van der Waals surface area contributed by atoms with Gasteiger partial charge in [-0.1, -0.05) is 37.0 Å². The largest absolute Gasteiger partial charge is 0.494 e. The summed E-state index contributed by atoms with van der Waals surface area (Å²) in [6.07, 6.45) is 0.999. The van der Waals surface area contributed by atoms with Crippen LogP contribution < -0.4 is 14.8 Å². The molecule has 0 atom stereocenters. The fraction of sp³-hybridized carbons (Fsp3) is 0.316. The molecule has 1 amide bonds. The molecule has 0 aliphatic carbocycles. The van der Waals surface area contributed by atoms with Gasteiger partial charge in [0.2, 0.25) is 0 Å². The van der Waals surface area contributed by atoms with Crippen molar-refractivity contribution in [2.75, 3.05) is 18.5 Å². The Hall–Kier alpha value is -1.43. The zero-order chi connectivity index (χ0) is 19.1. The maximum atomic E-state index is 12.1. The first-order valence-corrected chi connectivity index (χ1v) is 9.70. The highest BCUT2D eigenvalue weighted by Gasteiger charge is 2.11. The number of carbonyl (C=O) groups excluding carboxylic acids is 1. The summed E-state index contributed by atoms with van der Waals surface area (Å²) in [4.78, 5) is 12.1. The number of halogens is 3. The average molecular weight is 461 g/mol. The van der Waals surface area contributed by atoms with Crippen LogP contribution in [0.4, 0.5) is 5.69 Å². The summed E-state index contributed by atoms with van der Waals surface area (Å²) in [6, 6.07) is 10.4. The number of ether oxygens (including phenoxy) is 2. The van der Waals surface area contributed by atoms with Gasteiger partial charge in [-0.2, -0.15) is 0 Å². The Labute approximate surface area is 171 Å². The standard InChI is InChI=1S/C19H20BrCl2NO3/c1-12(2)7-8-25-15-5-3-14(4-6-15)23-18(24)11-26-19-16(20)9-13(21)10-17(19)22/h3-6,9-10,12H,7-8,11H2,1-2H3,(H,23,24). The molecule has 0 unspecified atom stereocenters. The third-order valence-electron chi connectivity index (χ3n) is 3.41. The highest BCUT2D eigenvalue weighted by atomic mass is 79.9. The molecular formula is C19H20BrCl2NO3. The molecule has 26 heavy (non-hydrogen) atoms. The van der Waals surface area contributed by atoms with E-state index in [0.29, 0.717) is 38.5 Å². The summed E-state index contributed by atoms with van der Waals surface area (Å²) in [7, 11) is 0. The van der Waals surface area contributed by atoms with Gasteiger partial charge in [0, 0.05) is 10.7 Å². The smallest absolute Gasteiger partial charge is 0.262 e. The van der Waals surface area contributed by atoms with Crippen LogP contribution in [0.25, 0.3) is 0 Å². The predicted octanol–water partition coefficient (Wildman–Crippen LogP) is 6.20. The van der Waals surface area contributed by atoms with Gasteiger partial charge in [0.25, 0.3) is 5.91 Å². The molecule has 0 bridgehead atoms. The molecule has 0 radical (unpaired) electrons. The molecule has 0 heterocycles. The summed E-state index contributed by atoms with van der Waals surface area (Å²) in [5.41, 5.74) is 0.663.